The van der Waals surface area contributed by atoms with Crippen molar-refractivity contribution in [3.63, 3.8) is 0 Å². The molecule has 0 aliphatic carbocycles. The third kappa shape index (κ3) is 4.42. The van der Waals surface area contributed by atoms with Crippen molar-refractivity contribution in [1.82, 2.24) is 10.3 Å². The zero-order chi connectivity index (χ0) is 17.7. The molecule has 1 atom stereocenters. The fourth-order valence-electron chi connectivity index (χ4n) is 3.08. The van der Waals surface area contributed by atoms with Crippen LogP contribution < -0.4 is 10.6 Å². The molecule has 1 aromatic carbocycles. The number of halogens is 1. The van der Waals surface area contributed by atoms with Crippen LogP contribution in [-0.2, 0) is 11.2 Å². The average molecular weight is 341 g/mol. The van der Waals surface area contributed by atoms with Crippen LogP contribution in [0.2, 0.25) is 0 Å². The summed E-state index contributed by atoms with van der Waals surface area (Å²) in [5, 5.41) is 15.5. The van der Waals surface area contributed by atoms with E-state index in [1.165, 1.54) is 11.8 Å². The Balaban J connectivity index is 1.74. The molecule has 2 heterocycles. The second-order valence-corrected chi connectivity index (χ2v) is 6.27. The van der Waals surface area contributed by atoms with E-state index < -0.39 is 11.8 Å². The van der Waals surface area contributed by atoms with Crippen molar-refractivity contribution in [3.8, 4) is 0 Å². The summed E-state index contributed by atoms with van der Waals surface area (Å²) in [6.45, 7) is 1.77. The summed E-state index contributed by atoms with van der Waals surface area (Å²) in [6.07, 6.45) is 4.26. The van der Waals surface area contributed by atoms with Crippen molar-refractivity contribution >= 4 is 17.9 Å². The number of benzene rings is 1. The zero-order valence-corrected chi connectivity index (χ0v) is 13.7. The largest absolute Gasteiger partial charge is 0.476 e. The number of hydrogen-bond acceptors (Lipinski definition) is 4. The monoisotopic (exact) mass is 341 g/mol. The lowest BCUT2D eigenvalue weighted by molar-refractivity contribution is -0.134. The third-order valence-electron chi connectivity index (χ3n) is 4.31. The van der Waals surface area contributed by atoms with Crippen LogP contribution >= 0.6 is 0 Å². The number of nitrogens with one attached hydrogen (secondary N) is 2. The lowest BCUT2D eigenvalue weighted by Crippen LogP contribution is -2.43. The molecule has 1 saturated heterocycles. The summed E-state index contributed by atoms with van der Waals surface area (Å²) in [4.78, 5) is 14.8. The zero-order valence-electron chi connectivity index (χ0n) is 13.7. The lowest BCUT2D eigenvalue weighted by atomic mass is 9.90. The van der Waals surface area contributed by atoms with Gasteiger partial charge in [0.25, 0.3) is 0 Å². The molecule has 0 saturated carbocycles. The maximum atomic E-state index is 13.2. The van der Waals surface area contributed by atoms with Gasteiger partial charge < -0.3 is 15.7 Å². The van der Waals surface area contributed by atoms with Crippen LogP contribution in [0.4, 0.5) is 10.2 Å². The highest BCUT2D eigenvalue weighted by atomic mass is 19.1. The highest BCUT2D eigenvalue weighted by Crippen LogP contribution is 2.25. The summed E-state index contributed by atoms with van der Waals surface area (Å²) in [5.74, 6) is -2.10. The van der Waals surface area contributed by atoms with Gasteiger partial charge in [-0.25, -0.2) is 9.78 Å². The minimum atomic E-state index is -1.58. The number of carboxylic acids is 1. The number of anilines is 1. The molecule has 0 radical (unpaired) electrons. The molecule has 0 bridgehead atoms. The van der Waals surface area contributed by atoms with E-state index in [2.05, 4.69) is 27.8 Å². The predicted molar refractivity (Wildman–Crippen MR) is 94.9 cm³/mol. The van der Waals surface area contributed by atoms with Crippen LogP contribution in [0.15, 0.2) is 54.5 Å². The number of pyridine rings is 1. The molecule has 1 aromatic heterocycles. The van der Waals surface area contributed by atoms with E-state index in [9.17, 15) is 9.18 Å². The third-order valence-corrected chi connectivity index (χ3v) is 4.31. The maximum Gasteiger partial charge on any atom is 0.364 e. The minimum absolute atomic E-state index is 0.127. The standard InChI is InChI=1S/C19H20FN3O2/c20-16(18(24)25)10-15-6-7-17(22-12-15)23-19(8-9-21-13-19)11-14-4-2-1-3-5-14/h1-7,10,12,21H,8-9,11,13H2,(H,22,23)(H,24,25)/b16-10-/t19-/m0/s1. The van der Waals surface area contributed by atoms with Crippen LogP contribution in [0, 0.1) is 0 Å². The molecule has 2 aromatic rings. The van der Waals surface area contributed by atoms with Gasteiger partial charge in [-0.15, -0.1) is 0 Å². The van der Waals surface area contributed by atoms with Gasteiger partial charge in [-0.2, -0.15) is 4.39 Å². The van der Waals surface area contributed by atoms with Crippen LogP contribution in [-0.4, -0.2) is 34.7 Å². The fraction of sp³-hybridized carbons (Fsp3) is 0.263. The summed E-state index contributed by atoms with van der Waals surface area (Å²) in [6, 6.07) is 13.7. The molecule has 6 heteroatoms. The first kappa shape index (κ1) is 17.1. The first-order chi connectivity index (χ1) is 12.1. The van der Waals surface area contributed by atoms with Gasteiger partial charge in [-0.3, -0.25) is 0 Å². The van der Waals surface area contributed by atoms with Crippen LogP contribution in [0.1, 0.15) is 17.5 Å². The number of aliphatic carboxylic acids is 1. The number of carbonyl (C=O) groups is 1. The Morgan fingerprint density at radius 1 is 1.32 bits per heavy atom. The van der Waals surface area contributed by atoms with E-state index >= 15 is 0 Å². The SMILES string of the molecule is O=C(O)/C(F)=C/c1ccc(N[C@]2(Cc3ccccc3)CCNC2)nc1. The first-order valence-electron chi connectivity index (χ1n) is 8.16. The molecule has 25 heavy (non-hydrogen) atoms. The fourth-order valence-corrected chi connectivity index (χ4v) is 3.08. The molecule has 3 rings (SSSR count). The Hall–Kier alpha value is -2.73. The molecule has 0 unspecified atom stereocenters. The molecular weight excluding hydrogens is 321 g/mol. The van der Waals surface area contributed by atoms with Gasteiger partial charge in [-0.1, -0.05) is 30.3 Å². The minimum Gasteiger partial charge on any atom is -0.476 e. The van der Waals surface area contributed by atoms with E-state index in [0.717, 1.165) is 32.0 Å². The van der Waals surface area contributed by atoms with Crippen LogP contribution in [0.25, 0.3) is 6.08 Å². The molecule has 1 aliphatic heterocycles. The van der Waals surface area contributed by atoms with Gasteiger partial charge in [-0.05, 0) is 48.7 Å². The summed E-state index contributed by atoms with van der Waals surface area (Å²) < 4.78 is 13.2. The van der Waals surface area contributed by atoms with Crippen molar-refractivity contribution < 1.29 is 14.3 Å². The second-order valence-electron chi connectivity index (χ2n) is 6.27. The topological polar surface area (TPSA) is 74.2 Å². The Kier molecular flexibility index (Phi) is 5.09. The molecule has 130 valence electrons. The molecule has 3 N–H and O–H groups in total. The molecule has 1 fully saturated rings. The second kappa shape index (κ2) is 7.44. The first-order valence-corrected chi connectivity index (χ1v) is 8.16. The molecule has 1 aliphatic rings. The Labute approximate surface area is 145 Å². The highest BCUT2D eigenvalue weighted by molar-refractivity contribution is 5.89. The summed E-state index contributed by atoms with van der Waals surface area (Å²) >= 11 is 0. The Morgan fingerprint density at radius 3 is 2.72 bits per heavy atom. The van der Waals surface area contributed by atoms with E-state index in [1.54, 1.807) is 12.1 Å². The summed E-state index contributed by atoms with van der Waals surface area (Å²) in [7, 11) is 0. The number of hydrogen-bond donors (Lipinski definition) is 3. The van der Waals surface area contributed by atoms with Crippen molar-refractivity contribution in [3.05, 3.63) is 65.6 Å². The van der Waals surface area contributed by atoms with Crippen molar-refractivity contribution in [1.29, 1.82) is 0 Å². The maximum absolute atomic E-state index is 13.2. The van der Waals surface area contributed by atoms with Crippen molar-refractivity contribution in [2.75, 3.05) is 18.4 Å². The van der Waals surface area contributed by atoms with Gasteiger partial charge in [0, 0.05) is 12.7 Å². The molecule has 5 nitrogen and oxygen atoms in total. The van der Waals surface area contributed by atoms with Gasteiger partial charge in [0.2, 0.25) is 5.83 Å². The number of carboxylic acid groups (broad SMARTS) is 1. The van der Waals surface area contributed by atoms with Crippen LogP contribution in [0.3, 0.4) is 0 Å². The Bertz CT molecular complexity index is 754. The van der Waals surface area contributed by atoms with Crippen molar-refractivity contribution in [2.24, 2.45) is 0 Å². The Morgan fingerprint density at radius 2 is 2.12 bits per heavy atom. The quantitative estimate of drug-likeness (QED) is 0.705. The van der Waals surface area contributed by atoms with Gasteiger partial charge >= 0.3 is 5.97 Å². The normalized spacial score (nSPS) is 20.4. The highest BCUT2D eigenvalue weighted by Gasteiger charge is 2.34. The molecular formula is C19H20FN3O2. The number of aromatic nitrogens is 1. The van der Waals surface area contributed by atoms with Gasteiger partial charge in [0.05, 0.1) is 5.54 Å². The lowest BCUT2D eigenvalue weighted by Gasteiger charge is -2.30. The van der Waals surface area contributed by atoms with E-state index in [0.29, 0.717) is 11.4 Å². The average Bonchev–Trinajstić information content (AvgIpc) is 3.05. The molecule has 0 amide bonds. The number of nitrogens with zero attached hydrogens (tertiary/aromatic N) is 1. The van der Waals surface area contributed by atoms with Gasteiger partial charge in [0.1, 0.15) is 5.82 Å². The smallest absolute Gasteiger partial charge is 0.364 e. The number of rotatable bonds is 6. The summed E-state index contributed by atoms with van der Waals surface area (Å²) in [5.41, 5.74) is 1.53. The molecule has 0 spiro atoms. The predicted octanol–water partition coefficient (Wildman–Crippen LogP) is 2.86. The van der Waals surface area contributed by atoms with E-state index in [1.807, 2.05) is 18.2 Å². The van der Waals surface area contributed by atoms with E-state index in [4.69, 9.17) is 5.11 Å². The van der Waals surface area contributed by atoms with Crippen LogP contribution in [0.5, 0.6) is 0 Å². The van der Waals surface area contributed by atoms with Gasteiger partial charge in [0.15, 0.2) is 0 Å². The van der Waals surface area contributed by atoms with E-state index in [-0.39, 0.29) is 5.54 Å². The van der Waals surface area contributed by atoms with Crippen molar-refractivity contribution in [2.45, 2.75) is 18.4 Å².